The van der Waals surface area contributed by atoms with Crippen molar-refractivity contribution in [2.24, 2.45) is 0 Å². The number of carbonyl (C=O) groups is 2. The fourth-order valence-electron chi connectivity index (χ4n) is 3.28. The molecule has 1 aliphatic rings. The second-order valence-electron chi connectivity index (χ2n) is 7.54. The molecule has 3 rings (SSSR count). The summed E-state index contributed by atoms with van der Waals surface area (Å²) in [5.41, 5.74) is 4.04. The summed E-state index contributed by atoms with van der Waals surface area (Å²) in [5, 5.41) is 6.03. The molecule has 0 aliphatic carbocycles. The van der Waals surface area contributed by atoms with Crippen molar-refractivity contribution in [2.75, 3.05) is 39.9 Å². The SMILES string of the molecule is CCOC(=O)C(Cc1ccc(OC)cc1)NC(=O)c1ccccc1C.S=CN1CCNCC1. The van der Waals surface area contributed by atoms with E-state index < -0.39 is 12.0 Å². The number of thiocarbonyl (C=S) groups is 1. The number of rotatable bonds is 8. The number of aryl methyl sites for hydroxylation is 1. The van der Waals surface area contributed by atoms with Crippen LogP contribution < -0.4 is 15.4 Å². The lowest BCUT2D eigenvalue weighted by molar-refractivity contribution is -0.145. The number of ether oxygens (including phenoxy) is 2. The van der Waals surface area contributed by atoms with Crippen LogP contribution in [0, 0.1) is 6.92 Å². The van der Waals surface area contributed by atoms with Crippen LogP contribution in [0.1, 0.15) is 28.4 Å². The molecule has 1 saturated heterocycles. The molecule has 0 radical (unpaired) electrons. The molecule has 0 bridgehead atoms. The summed E-state index contributed by atoms with van der Waals surface area (Å²) in [7, 11) is 1.60. The molecule has 2 aromatic rings. The van der Waals surface area contributed by atoms with E-state index in [1.54, 1.807) is 31.7 Å². The van der Waals surface area contributed by atoms with Gasteiger partial charge in [0.05, 0.1) is 19.2 Å². The number of piperazine rings is 1. The number of hydrogen-bond donors (Lipinski definition) is 2. The van der Waals surface area contributed by atoms with Gasteiger partial charge >= 0.3 is 5.97 Å². The molecule has 1 aliphatic heterocycles. The second-order valence-corrected chi connectivity index (χ2v) is 7.75. The van der Waals surface area contributed by atoms with E-state index in [4.69, 9.17) is 21.7 Å². The van der Waals surface area contributed by atoms with Crippen molar-refractivity contribution >= 4 is 29.6 Å². The predicted octanol–water partition coefficient (Wildman–Crippen LogP) is 2.76. The number of carbonyl (C=O) groups excluding carboxylic acids is 2. The number of nitrogens with one attached hydrogen (secondary N) is 2. The van der Waals surface area contributed by atoms with Gasteiger partial charge in [-0.2, -0.15) is 0 Å². The monoisotopic (exact) mass is 471 g/mol. The smallest absolute Gasteiger partial charge is 0.328 e. The maximum atomic E-state index is 12.5. The molecule has 1 unspecified atom stereocenters. The van der Waals surface area contributed by atoms with Crippen molar-refractivity contribution in [3.05, 3.63) is 65.2 Å². The van der Waals surface area contributed by atoms with Gasteiger partial charge in [-0.25, -0.2) is 4.79 Å². The van der Waals surface area contributed by atoms with Gasteiger partial charge in [0.2, 0.25) is 0 Å². The lowest BCUT2D eigenvalue weighted by atomic mass is 10.0. The molecule has 1 amide bonds. The van der Waals surface area contributed by atoms with Gasteiger partial charge in [0.25, 0.3) is 5.91 Å². The molecule has 1 heterocycles. The minimum atomic E-state index is -0.750. The normalized spacial score (nSPS) is 13.7. The zero-order valence-corrected chi connectivity index (χ0v) is 20.3. The molecule has 178 valence electrons. The van der Waals surface area contributed by atoms with Crippen molar-refractivity contribution in [3.63, 3.8) is 0 Å². The quantitative estimate of drug-likeness (QED) is 0.453. The van der Waals surface area contributed by atoms with Crippen molar-refractivity contribution in [2.45, 2.75) is 26.3 Å². The minimum Gasteiger partial charge on any atom is -0.497 e. The van der Waals surface area contributed by atoms with Crippen LogP contribution in [-0.4, -0.2) is 68.2 Å². The number of methoxy groups -OCH3 is 1. The summed E-state index contributed by atoms with van der Waals surface area (Å²) < 4.78 is 10.2. The third-order valence-electron chi connectivity index (χ3n) is 5.17. The van der Waals surface area contributed by atoms with E-state index in [1.807, 2.05) is 43.3 Å². The van der Waals surface area contributed by atoms with Gasteiger partial charge in [0.1, 0.15) is 11.8 Å². The van der Waals surface area contributed by atoms with E-state index in [9.17, 15) is 9.59 Å². The molecule has 2 aromatic carbocycles. The third kappa shape index (κ3) is 8.82. The van der Waals surface area contributed by atoms with Crippen molar-refractivity contribution in [3.8, 4) is 5.75 Å². The molecule has 1 atom stereocenters. The van der Waals surface area contributed by atoms with Gasteiger partial charge in [0.15, 0.2) is 0 Å². The molecule has 33 heavy (non-hydrogen) atoms. The van der Waals surface area contributed by atoms with E-state index in [0.717, 1.165) is 43.1 Å². The molecule has 2 N–H and O–H groups in total. The third-order valence-corrected chi connectivity index (χ3v) is 5.46. The zero-order valence-electron chi connectivity index (χ0n) is 19.5. The first-order chi connectivity index (χ1) is 16.0. The Labute approximate surface area is 201 Å². The van der Waals surface area contributed by atoms with Crippen molar-refractivity contribution in [1.29, 1.82) is 0 Å². The first kappa shape index (κ1) is 26.3. The summed E-state index contributed by atoms with van der Waals surface area (Å²) in [6.07, 6.45) is 0.348. The Balaban J connectivity index is 0.000000405. The highest BCUT2D eigenvalue weighted by Crippen LogP contribution is 2.14. The summed E-state index contributed by atoms with van der Waals surface area (Å²) in [4.78, 5) is 26.9. The Morgan fingerprint density at radius 3 is 2.36 bits per heavy atom. The highest BCUT2D eigenvalue weighted by Gasteiger charge is 2.23. The molecular weight excluding hydrogens is 438 g/mol. The predicted molar refractivity (Wildman–Crippen MR) is 134 cm³/mol. The lowest BCUT2D eigenvalue weighted by Crippen LogP contribution is -2.43. The number of esters is 1. The fourth-order valence-corrected chi connectivity index (χ4v) is 3.50. The van der Waals surface area contributed by atoms with Crippen LogP contribution in [0.4, 0.5) is 0 Å². The first-order valence-electron chi connectivity index (χ1n) is 11.0. The van der Waals surface area contributed by atoms with Crippen LogP contribution in [-0.2, 0) is 16.0 Å². The van der Waals surface area contributed by atoms with Crippen molar-refractivity contribution < 1.29 is 19.1 Å². The molecule has 1 fully saturated rings. The Hall–Kier alpha value is -2.97. The molecule has 0 spiro atoms. The lowest BCUT2D eigenvalue weighted by Gasteiger charge is -2.24. The van der Waals surface area contributed by atoms with Gasteiger partial charge < -0.3 is 25.0 Å². The van der Waals surface area contributed by atoms with E-state index in [1.165, 1.54) is 0 Å². The first-order valence-corrected chi connectivity index (χ1v) is 11.5. The topological polar surface area (TPSA) is 79.9 Å². The molecule has 0 aromatic heterocycles. The van der Waals surface area contributed by atoms with E-state index in [0.29, 0.717) is 12.0 Å². The number of nitrogens with zero attached hydrogens (tertiary/aromatic N) is 1. The van der Waals surface area contributed by atoms with Gasteiger partial charge in [-0.1, -0.05) is 42.5 Å². The average molecular weight is 472 g/mol. The maximum Gasteiger partial charge on any atom is 0.328 e. The standard InChI is InChI=1S/C20H23NO4.C5H10N2S/c1-4-25-20(23)18(13-15-9-11-16(24-3)12-10-15)21-19(22)17-8-6-5-7-14(17)2;8-5-7-3-1-6-2-4-7/h5-12,18H,4,13H2,1-3H3,(H,21,22);5-6H,1-4H2. The van der Waals surface area contributed by atoms with Crippen LogP contribution in [0.2, 0.25) is 0 Å². The Morgan fingerprint density at radius 2 is 1.82 bits per heavy atom. The van der Waals surface area contributed by atoms with E-state index in [2.05, 4.69) is 15.5 Å². The molecular formula is C25H33N3O4S. The highest BCUT2D eigenvalue weighted by molar-refractivity contribution is 7.78. The Kier molecular flexibility index (Phi) is 11.3. The van der Waals surface area contributed by atoms with Crippen LogP contribution >= 0.6 is 12.2 Å². The van der Waals surface area contributed by atoms with Gasteiger partial charge in [0, 0.05) is 38.2 Å². The fraction of sp³-hybridized carbons (Fsp3) is 0.400. The Morgan fingerprint density at radius 1 is 1.15 bits per heavy atom. The highest BCUT2D eigenvalue weighted by atomic mass is 32.1. The molecule has 8 heteroatoms. The average Bonchev–Trinajstić information content (AvgIpc) is 2.85. The van der Waals surface area contributed by atoms with Crippen LogP contribution in [0.25, 0.3) is 0 Å². The summed E-state index contributed by atoms with van der Waals surface area (Å²) in [6, 6.07) is 13.9. The van der Waals surface area contributed by atoms with E-state index >= 15 is 0 Å². The summed E-state index contributed by atoms with van der Waals surface area (Å²) in [6.45, 7) is 8.16. The molecule has 0 saturated carbocycles. The number of amides is 1. The zero-order chi connectivity index (χ0) is 24.1. The van der Waals surface area contributed by atoms with Gasteiger partial charge in [-0.3, -0.25) is 4.79 Å². The van der Waals surface area contributed by atoms with Crippen LogP contribution in [0.3, 0.4) is 0 Å². The largest absolute Gasteiger partial charge is 0.497 e. The van der Waals surface area contributed by atoms with Crippen LogP contribution in [0.5, 0.6) is 5.75 Å². The van der Waals surface area contributed by atoms with Gasteiger partial charge in [-0.05, 0) is 43.2 Å². The summed E-state index contributed by atoms with van der Waals surface area (Å²) in [5.74, 6) is 0.00491. The second kappa shape index (κ2) is 14.2. The Bertz CT molecular complexity index is 899. The van der Waals surface area contributed by atoms with Gasteiger partial charge in [-0.15, -0.1) is 0 Å². The van der Waals surface area contributed by atoms with Crippen LogP contribution in [0.15, 0.2) is 48.5 Å². The number of hydrogen-bond acceptors (Lipinski definition) is 6. The molecule has 7 nitrogen and oxygen atoms in total. The van der Waals surface area contributed by atoms with Crippen molar-refractivity contribution in [1.82, 2.24) is 15.5 Å². The summed E-state index contributed by atoms with van der Waals surface area (Å²) >= 11 is 4.75. The number of benzene rings is 2. The minimum absolute atomic E-state index is 0.262. The maximum absolute atomic E-state index is 12.5. The van der Waals surface area contributed by atoms with E-state index in [-0.39, 0.29) is 12.5 Å².